The number of carbonyl (C=O) groups excluding carboxylic acids is 1. The number of hydrogen-bond acceptors (Lipinski definition) is 3. The molecule has 2 rings (SSSR count). The first-order valence-corrected chi connectivity index (χ1v) is 6.82. The lowest BCUT2D eigenvalue weighted by atomic mass is 10.0. The number of aromatic hydroxyl groups is 1. The molecule has 1 aliphatic rings. The molecular formula is C15H21NO3. The molecule has 0 aromatic heterocycles. The molecule has 0 spiro atoms. The third-order valence-corrected chi connectivity index (χ3v) is 3.50. The highest BCUT2D eigenvalue weighted by atomic mass is 16.5. The van der Waals surface area contributed by atoms with E-state index in [-0.39, 0.29) is 11.7 Å². The second-order valence-electron chi connectivity index (χ2n) is 5.15. The van der Waals surface area contributed by atoms with E-state index < -0.39 is 0 Å². The highest BCUT2D eigenvalue weighted by Crippen LogP contribution is 2.19. The van der Waals surface area contributed by atoms with Crippen LogP contribution in [-0.4, -0.2) is 30.8 Å². The fourth-order valence-electron chi connectivity index (χ4n) is 2.33. The predicted octanol–water partition coefficient (Wildman–Crippen LogP) is 2.25. The molecule has 0 bridgehead atoms. The molecule has 1 aromatic carbocycles. The summed E-state index contributed by atoms with van der Waals surface area (Å²) in [5.74, 6) is 0.478. The number of rotatable bonds is 5. The van der Waals surface area contributed by atoms with Gasteiger partial charge in [-0.15, -0.1) is 0 Å². The summed E-state index contributed by atoms with van der Waals surface area (Å²) < 4.78 is 5.31. The summed E-state index contributed by atoms with van der Waals surface area (Å²) in [6, 6.07) is 5.08. The van der Waals surface area contributed by atoms with Gasteiger partial charge in [0.15, 0.2) is 0 Å². The SMILES string of the molecule is Cc1ccc(C(=O)NCCC[C@H]2CCOC2)c(O)c1. The number of nitrogens with one attached hydrogen (secondary N) is 1. The minimum atomic E-state index is -0.208. The second kappa shape index (κ2) is 6.57. The lowest BCUT2D eigenvalue weighted by Gasteiger charge is -2.09. The smallest absolute Gasteiger partial charge is 0.255 e. The summed E-state index contributed by atoms with van der Waals surface area (Å²) in [5.41, 5.74) is 1.28. The van der Waals surface area contributed by atoms with Crippen LogP contribution in [-0.2, 0) is 4.74 Å². The quantitative estimate of drug-likeness (QED) is 0.801. The van der Waals surface area contributed by atoms with Crippen molar-refractivity contribution in [3.8, 4) is 5.75 Å². The fourth-order valence-corrected chi connectivity index (χ4v) is 2.33. The summed E-state index contributed by atoms with van der Waals surface area (Å²) in [7, 11) is 0. The van der Waals surface area contributed by atoms with Crippen molar-refractivity contribution in [2.24, 2.45) is 5.92 Å². The first-order valence-electron chi connectivity index (χ1n) is 6.82. The van der Waals surface area contributed by atoms with Crippen LogP contribution in [0.5, 0.6) is 5.75 Å². The molecule has 19 heavy (non-hydrogen) atoms. The fraction of sp³-hybridized carbons (Fsp3) is 0.533. The zero-order chi connectivity index (χ0) is 13.7. The zero-order valence-electron chi connectivity index (χ0n) is 11.3. The summed E-state index contributed by atoms with van der Waals surface area (Å²) in [6.07, 6.45) is 3.17. The number of phenols is 1. The number of amides is 1. The molecule has 1 fully saturated rings. The van der Waals surface area contributed by atoms with E-state index in [2.05, 4.69) is 5.32 Å². The summed E-state index contributed by atoms with van der Waals surface area (Å²) in [6.45, 7) is 4.24. The monoisotopic (exact) mass is 263 g/mol. The Morgan fingerprint density at radius 2 is 2.37 bits per heavy atom. The highest BCUT2D eigenvalue weighted by Gasteiger charge is 2.15. The highest BCUT2D eigenvalue weighted by molar-refractivity contribution is 5.96. The Morgan fingerprint density at radius 3 is 3.05 bits per heavy atom. The van der Waals surface area contributed by atoms with Gasteiger partial charge in [-0.05, 0) is 49.8 Å². The Morgan fingerprint density at radius 1 is 1.53 bits per heavy atom. The molecule has 104 valence electrons. The van der Waals surface area contributed by atoms with Gasteiger partial charge in [0, 0.05) is 19.8 Å². The van der Waals surface area contributed by atoms with Crippen molar-refractivity contribution in [1.29, 1.82) is 0 Å². The van der Waals surface area contributed by atoms with E-state index in [9.17, 15) is 9.90 Å². The van der Waals surface area contributed by atoms with Gasteiger partial charge in [-0.1, -0.05) is 6.07 Å². The maximum atomic E-state index is 11.9. The maximum absolute atomic E-state index is 11.9. The normalized spacial score (nSPS) is 18.5. The number of aryl methyl sites for hydroxylation is 1. The van der Waals surface area contributed by atoms with Crippen molar-refractivity contribution in [3.05, 3.63) is 29.3 Å². The third kappa shape index (κ3) is 3.96. The molecule has 1 aliphatic heterocycles. The van der Waals surface area contributed by atoms with E-state index in [4.69, 9.17) is 4.74 Å². The summed E-state index contributed by atoms with van der Waals surface area (Å²) in [5, 5.41) is 12.6. The van der Waals surface area contributed by atoms with Crippen molar-refractivity contribution in [3.63, 3.8) is 0 Å². The van der Waals surface area contributed by atoms with Gasteiger partial charge >= 0.3 is 0 Å². The van der Waals surface area contributed by atoms with Crippen molar-refractivity contribution in [2.75, 3.05) is 19.8 Å². The van der Waals surface area contributed by atoms with Crippen molar-refractivity contribution in [1.82, 2.24) is 5.32 Å². The third-order valence-electron chi connectivity index (χ3n) is 3.50. The van der Waals surface area contributed by atoms with Gasteiger partial charge in [0.1, 0.15) is 5.75 Å². The molecule has 0 radical (unpaired) electrons. The van der Waals surface area contributed by atoms with Crippen LogP contribution in [0, 0.1) is 12.8 Å². The van der Waals surface area contributed by atoms with Gasteiger partial charge in [0.2, 0.25) is 0 Å². The van der Waals surface area contributed by atoms with Crippen LogP contribution in [0.1, 0.15) is 35.2 Å². The van der Waals surface area contributed by atoms with E-state index in [1.807, 2.05) is 13.0 Å². The van der Waals surface area contributed by atoms with E-state index in [1.54, 1.807) is 12.1 Å². The molecule has 1 amide bonds. The molecule has 2 N–H and O–H groups in total. The Bertz CT molecular complexity index is 439. The van der Waals surface area contributed by atoms with Gasteiger partial charge in [-0.3, -0.25) is 4.79 Å². The van der Waals surface area contributed by atoms with E-state index in [0.717, 1.165) is 38.0 Å². The standard InChI is InChI=1S/C15H21NO3/c1-11-4-5-13(14(17)9-11)15(18)16-7-2-3-12-6-8-19-10-12/h4-5,9,12,17H,2-3,6-8,10H2,1H3,(H,16,18)/t12-/m0/s1. The lowest BCUT2D eigenvalue weighted by Crippen LogP contribution is -2.25. The van der Waals surface area contributed by atoms with Crippen LogP contribution in [0.3, 0.4) is 0 Å². The molecule has 1 aromatic rings. The molecule has 1 heterocycles. The Balaban J connectivity index is 1.74. The van der Waals surface area contributed by atoms with E-state index in [1.165, 1.54) is 0 Å². The van der Waals surface area contributed by atoms with Gasteiger partial charge in [-0.25, -0.2) is 0 Å². The maximum Gasteiger partial charge on any atom is 0.255 e. The molecule has 0 aliphatic carbocycles. The topological polar surface area (TPSA) is 58.6 Å². The van der Waals surface area contributed by atoms with Crippen LogP contribution in [0.4, 0.5) is 0 Å². The largest absolute Gasteiger partial charge is 0.507 e. The average molecular weight is 263 g/mol. The van der Waals surface area contributed by atoms with E-state index >= 15 is 0 Å². The van der Waals surface area contributed by atoms with E-state index in [0.29, 0.717) is 18.0 Å². The number of phenolic OH excluding ortho intramolecular Hbond substituents is 1. The van der Waals surface area contributed by atoms with Gasteiger partial charge < -0.3 is 15.2 Å². The molecule has 1 atom stereocenters. The van der Waals surface area contributed by atoms with Crippen molar-refractivity contribution < 1.29 is 14.6 Å². The summed E-state index contributed by atoms with van der Waals surface area (Å²) >= 11 is 0. The molecule has 1 saturated heterocycles. The molecule has 4 heteroatoms. The second-order valence-corrected chi connectivity index (χ2v) is 5.15. The minimum absolute atomic E-state index is 0.0432. The first kappa shape index (κ1) is 13.9. The minimum Gasteiger partial charge on any atom is -0.507 e. The number of carbonyl (C=O) groups is 1. The van der Waals surface area contributed by atoms with Gasteiger partial charge in [0.05, 0.1) is 5.56 Å². The molecule has 0 unspecified atom stereocenters. The molecule has 0 saturated carbocycles. The Kier molecular flexibility index (Phi) is 4.80. The zero-order valence-corrected chi connectivity index (χ0v) is 11.3. The van der Waals surface area contributed by atoms with Crippen molar-refractivity contribution in [2.45, 2.75) is 26.2 Å². The van der Waals surface area contributed by atoms with Crippen LogP contribution < -0.4 is 5.32 Å². The molecular weight excluding hydrogens is 242 g/mol. The van der Waals surface area contributed by atoms with Crippen LogP contribution in [0.15, 0.2) is 18.2 Å². The Labute approximate surface area is 113 Å². The Hall–Kier alpha value is -1.55. The number of benzene rings is 1. The van der Waals surface area contributed by atoms with Crippen LogP contribution in [0.25, 0.3) is 0 Å². The van der Waals surface area contributed by atoms with Gasteiger partial charge in [-0.2, -0.15) is 0 Å². The first-order chi connectivity index (χ1) is 9.16. The predicted molar refractivity (Wildman–Crippen MR) is 73.3 cm³/mol. The van der Waals surface area contributed by atoms with Crippen LogP contribution >= 0.6 is 0 Å². The van der Waals surface area contributed by atoms with Crippen LogP contribution in [0.2, 0.25) is 0 Å². The molecule has 4 nitrogen and oxygen atoms in total. The average Bonchev–Trinajstić information content (AvgIpc) is 2.87. The lowest BCUT2D eigenvalue weighted by molar-refractivity contribution is 0.0949. The number of ether oxygens (including phenoxy) is 1. The van der Waals surface area contributed by atoms with Crippen molar-refractivity contribution >= 4 is 5.91 Å². The van der Waals surface area contributed by atoms with Gasteiger partial charge in [0.25, 0.3) is 5.91 Å². The summed E-state index contributed by atoms with van der Waals surface area (Å²) in [4.78, 5) is 11.9. The number of hydrogen-bond donors (Lipinski definition) is 2.